The maximum Gasteiger partial charge on any atom is 0.276 e. The number of rotatable bonds is 10. The maximum atomic E-state index is 12.4. The molecule has 186 valence electrons. The fourth-order valence-electron chi connectivity index (χ4n) is 3.36. The number of carbonyl (C=O) groups excluding carboxylic acids is 1. The average Bonchev–Trinajstić information content (AvgIpc) is 3.36. The summed E-state index contributed by atoms with van der Waals surface area (Å²) in [5, 5.41) is 24.2. The van der Waals surface area contributed by atoms with Crippen LogP contribution in [0.4, 0.5) is 5.69 Å². The van der Waals surface area contributed by atoms with Crippen LogP contribution in [-0.4, -0.2) is 44.7 Å². The van der Waals surface area contributed by atoms with E-state index in [9.17, 15) is 14.9 Å². The molecule has 10 nitrogen and oxygen atoms in total. The van der Waals surface area contributed by atoms with E-state index in [0.29, 0.717) is 16.5 Å². The predicted octanol–water partition coefficient (Wildman–Crippen LogP) is 4.76. The number of aromatic nitrogens is 3. The van der Waals surface area contributed by atoms with Crippen LogP contribution < -0.4 is 10.2 Å². The Morgan fingerprint density at radius 2 is 1.81 bits per heavy atom. The number of allylic oxidation sites excluding steroid dienone is 1. The number of nitro benzene ring substituents is 1. The zero-order valence-electron chi connectivity index (χ0n) is 19.7. The standard InChI is InChI=1S/C26H22N6O4S/c1-36-22-15-13-20(14-16-22)25-29-30-26(31(25)21-10-3-2-4-11-21)37-18-24(33)28-27-17-7-9-19-8-5-6-12-23(19)32(34)35/h2-17H,18H2,1H3,(H,28,33)/b9-7-,27-17+. The number of carbonyl (C=O) groups is 1. The third kappa shape index (κ3) is 6.47. The third-order valence-corrected chi connectivity index (χ3v) is 6.02. The molecule has 0 bridgehead atoms. The molecule has 0 unspecified atom stereocenters. The molecule has 0 saturated carbocycles. The second-order valence-electron chi connectivity index (χ2n) is 7.48. The molecule has 37 heavy (non-hydrogen) atoms. The smallest absolute Gasteiger partial charge is 0.276 e. The van der Waals surface area contributed by atoms with E-state index in [1.807, 2.05) is 59.2 Å². The van der Waals surface area contributed by atoms with Crippen LogP contribution in [0.2, 0.25) is 0 Å². The van der Waals surface area contributed by atoms with Crippen molar-refractivity contribution < 1.29 is 14.5 Å². The number of nitrogens with one attached hydrogen (secondary N) is 1. The highest BCUT2D eigenvalue weighted by atomic mass is 32.2. The van der Waals surface area contributed by atoms with Crippen LogP contribution in [0, 0.1) is 10.1 Å². The minimum Gasteiger partial charge on any atom is -0.497 e. The molecule has 0 spiro atoms. The van der Waals surface area contributed by atoms with E-state index in [1.54, 1.807) is 31.4 Å². The van der Waals surface area contributed by atoms with Crippen LogP contribution in [0.25, 0.3) is 23.2 Å². The van der Waals surface area contributed by atoms with Gasteiger partial charge in [0.05, 0.1) is 23.3 Å². The summed E-state index contributed by atoms with van der Waals surface area (Å²) in [5.41, 5.74) is 4.58. The molecule has 1 N–H and O–H groups in total. The molecule has 0 fully saturated rings. The van der Waals surface area contributed by atoms with Crippen molar-refractivity contribution in [3.05, 3.63) is 101 Å². The monoisotopic (exact) mass is 514 g/mol. The Kier molecular flexibility index (Phi) is 8.40. The minimum absolute atomic E-state index is 0.0101. The van der Waals surface area contributed by atoms with Gasteiger partial charge in [-0.2, -0.15) is 5.10 Å². The summed E-state index contributed by atoms with van der Waals surface area (Å²) in [6.45, 7) is 0. The van der Waals surface area contributed by atoms with E-state index in [1.165, 1.54) is 30.1 Å². The fraction of sp³-hybridized carbons (Fsp3) is 0.0769. The van der Waals surface area contributed by atoms with Gasteiger partial charge in [-0.15, -0.1) is 10.2 Å². The molecule has 1 heterocycles. The molecule has 4 rings (SSSR count). The molecule has 0 aliphatic heterocycles. The van der Waals surface area contributed by atoms with Gasteiger partial charge in [-0.25, -0.2) is 5.43 Å². The number of nitro groups is 1. The molecule has 1 amide bonds. The Morgan fingerprint density at radius 1 is 1.08 bits per heavy atom. The number of amides is 1. The van der Waals surface area contributed by atoms with Gasteiger partial charge in [0.1, 0.15) is 5.75 Å². The van der Waals surface area contributed by atoms with Crippen LogP contribution in [0.5, 0.6) is 5.75 Å². The van der Waals surface area contributed by atoms with Gasteiger partial charge >= 0.3 is 0 Å². The lowest BCUT2D eigenvalue weighted by Crippen LogP contribution is -2.19. The first-order valence-corrected chi connectivity index (χ1v) is 12.1. The van der Waals surface area contributed by atoms with Gasteiger partial charge in [0.2, 0.25) is 0 Å². The minimum atomic E-state index is -0.454. The number of thioether (sulfide) groups is 1. The molecular formula is C26H22N6O4S. The summed E-state index contributed by atoms with van der Waals surface area (Å²) in [7, 11) is 1.61. The second-order valence-corrected chi connectivity index (χ2v) is 8.43. The number of benzene rings is 3. The second kappa shape index (κ2) is 12.3. The Balaban J connectivity index is 1.42. The van der Waals surface area contributed by atoms with Crippen molar-refractivity contribution in [3.63, 3.8) is 0 Å². The van der Waals surface area contributed by atoms with Crippen molar-refractivity contribution in [1.29, 1.82) is 0 Å². The highest BCUT2D eigenvalue weighted by molar-refractivity contribution is 7.99. The summed E-state index contributed by atoms with van der Waals surface area (Å²) >= 11 is 1.22. The zero-order valence-corrected chi connectivity index (χ0v) is 20.5. The molecule has 4 aromatic rings. The van der Waals surface area contributed by atoms with E-state index >= 15 is 0 Å². The first-order valence-electron chi connectivity index (χ1n) is 11.1. The lowest BCUT2D eigenvalue weighted by molar-refractivity contribution is -0.385. The maximum absolute atomic E-state index is 12.4. The van der Waals surface area contributed by atoms with Crippen molar-refractivity contribution in [3.8, 4) is 22.8 Å². The Hall–Kier alpha value is -4.77. The van der Waals surface area contributed by atoms with Gasteiger partial charge in [-0.3, -0.25) is 19.5 Å². The van der Waals surface area contributed by atoms with Crippen molar-refractivity contribution in [2.24, 2.45) is 5.10 Å². The van der Waals surface area contributed by atoms with Crippen molar-refractivity contribution in [2.45, 2.75) is 5.16 Å². The molecular weight excluding hydrogens is 492 g/mol. The number of hydrogen-bond donors (Lipinski definition) is 1. The van der Waals surface area contributed by atoms with Crippen molar-refractivity contribution in [2.75, 3.05) is 12.9 Å². The summed E-state index contributed by atoms with van der Waals surface area (Å²) in [4.78, 5) is 23.0. The zero-order chi connectivity index (χ0) is 26.0. The number of ether oxygens (including phenoxy) is 1. The van der Waals surface area contributed by atoms with Gasteiger partial charge in [0, 0.05) is 23.5 Å². The number of para-hydroxylation sites is 2. The fourth-order valence-corrected chi connectivity index (χ4v) is 4.10. The largest absolute Gasteiger partial charge is 0.497 e. The van der Waals surface area contributed by atoms with Crippen LogP contribution >= 0.6 is 11.8 Å². The molecule has 11 heteroatoms. The van der Waals surface area contributed by atoms with Crippen molar-refractivity contribution in [1.82, 2.24) is 20.2 Å². The number of nitrogens with zero attached hydrogens (tertiary/aromatic N) is 5. The highest BCUT2D eigenvalue weighted by Gasteiger charge is 2.17. The van der Waals surface area contributed by atoms with Crippen LogP contribution in [0.15, 0.2) is 95.2 Å². The van der Waals surface area contributed by atoms with Gasteiger partial charge < -0.3 is 4.74 Å². The number of hydrogen-bond acceptors (Lipinski definition) is 8. The van der Waals surface area contributed by atoms with E-state index < -0.39 is 4.92 Å². The van der Waals surface area contributed by atoms with Gasteiger partial charge in [0.15, 0.2) is 11.0 Å². The van der Waals surface area contributed by atoms with E-state index in [0.717, 1.165) is 17.0 Å². The lowest BCUT2D eigenvalue weighted by atomic mass is 10.2. The molecule has 0 aliphatic carbocycles. The van der Waals surface area contributed by atoms with Crippen LogP contribution in [-0.2, 0) is 4.79 Å². The first kappa shape index (κ1) is 25.3. The normalized spacial score (nSPS) is 11.2. The van der Waals surface area contributed by atoms with Crippen LogP contribution in [0.1, 0.15) is 5.56 Å². The molecule has 1 aromatic heterocycles. The summed E-state index contributed by atoms with van der Waals surface area (Å²) < 4.78 is 7.13. The van der Waals surface area contributed by atoms with Crippen LogP contribution in [0.3, 0.4) is 0 Å². The molecule has 0 radical (unpaired) electrons. The SMILES string of the molecule is COc1ccc(-c2nnc(SCC(=O)N/N=C/C=C\c3ccccc3[N+](=O)[O-])n2-c2ccccc2)cc1. The van der Waals surface area contributed by atoms with Crippen molar-refractivity contribution >= 4 is 35.6 Å². The molecule has 3 aromatic carbocycles. The number of hydrazone groups is 1. The predicted molar refractivity (Wildman–Crippen MR) is 143 cm³/mol. The Morgan fingerprint density at radius 3 is 2.54 bits per heavy atom. The Labute approximate surface area is 216 Å². The topological polar surface area (TPSA) is 125 Å². The summed E-state index contributed by atoms with van der Waals surface area (Å²) in [5.74, 6) is 1.08. The van der Waals surface area contributed by atoms with E-state index in [-0.39, 0.29) is 17.3 Å². The van der Waals surface area contributed by atoms with E-state index in [2.05, 4.69) is 20.7 Å². The first-order chi connectivity index (χ1) is 18.1. The summed E-state index contributed by atoms with van der Waals surface area (Å²) in [6.07, 6.45) is 4.42. The summed E-state index contributed by atoms with van der Waals surface area (Å²) in [6, 6.07) is 23.5. The number of methoxy groups -OCH3 is 1. The van der Waals surface area contributed by atoms with Gasteiger partial charge in [0.25, 0.3) is 11.6 Å². The lowest BCUT2D eigenvalue weighted by Gasteiger charge is -2.10. The third-order valence-electron chi connectivity index (χ3n) is 5.09. The van der Waals surface area contributed by atoms with Gasteiger partial charge in [-0.1, -0.05) is 42.1 Å². The highest BCUT2D eigenvalue weighted by Crippen LogP contribution is 2.29. The van der Waals surface area contributed by atoms with E-state index in [4.69, 9.17) is 4.74 Å². The van der Waals surface area contributed by atoms with Gasteiger partial charge in [-0.05, 0) is 54.6 Å². The quantitative estimate of drug-likeness (QED) is 0.140. The molecule has 0 saturated heterocycles. The molecule has 0 aliphatic rings. The molecule has 0 atom stereocenters. The Bertz CT molecular complexity index is 1440. The average molecular weight is 515 g/mol.